The van der Waals surface area contributed by atoms with Crippen LogP contribution in [0.15, 0.2) is 0 Å². The molecule has 1 atom stereocenters. The Morgan fingerprint density at radius 3 is 1.82 bits per heavy atom. The molecule has 0 bridgehead atoms. The molecule has 3 heteroatoms. The minimum absolute atomic E-state index is 0.0104. The van der Waals surface area contributed by atoms with E-state index >= 15 is 0 Å². The summed E-state index contributed by atoms with van der Waals surface area (Å²) in [6, 6.07) is 0. The van der Waals surface area contributed by atoms with E-state index in [1.54, 1.807) is 6.92 Å². The second-order valence-electron chi connectivity index (χ2n) is 4.24. The highest BCUT2D eigenvalue weighted by molar-refractivity contribution is 5.68. The van der Waals surface area contributed by atoms with Crippen LogP contribution in [0.25, 0.3) is 0 Å². The quantitative estimate of drug-likeness (QED) is 0.636. The van der Waals surface area contributed by atoms with Crippen LogP contribution in [0.2, 0.25) is 0 Å². The van der Waals surface area contributed by atoms with Gasteiger partial charge >= 0.3 is 5.97 Å². The molecule has 0 saturated heterocycles. The van der Waals surface area contributed by atoms with Crippen LogP contribution in [0, 0.1) is 5.41 Å². The van der Waals surface area contributed by atoms with E-state index in [0.29, 0.717) is 0 Å². The third kappa shape index (κ3) is 2.89. The smallest absolute Gasteiger partial charge is 0.305 e. The number of rotatable bonds is 2. The van der Waals surface area contributed by atoms with Gasteiger partial charge in [0.05, 0.1) is 6.42 Å². The molecule has 0 saturated carbocycles. The van der Waals surface area contributed by atoms with Crippen LogP contribution in [-0.4, -0.2) is 16.6 Å². The molecule has 0 aromatic carbocycles. The van der Waals surface area contributed by atoms with E-state index < -0.39 is 11.5 Å². The van der Waals surface area contributed by atoms with E-state index in [4.69, 9.17) is 10.8 Å². The molecule has 3 nitrogen and oxygen atoms in total. The number of carbonyl (C=O) groups is 1. The highest BCUT2D eigenvalue weighted by atomic mass is 16.4. The number of hydrogen-bond donors (Lipinski definition) is 2. The minimum Gasteiger partial charge on any atom is -0.481 e. The van der Waals surface area contributed by atoms with Gasteiger partial charge in [0.25, 0.3) is 0 Å². The summed E-state index contributed by atoms with van der Waals surface area (Å²) in [6.07, 6.45) is 0.0104. The van der Waals surface area contributed by atoms with Gasteiger partial charge in [-0.2, -0.15) is 0 Å². The first-order valence-corrected chi connectivity index (χ1v) is 3.67. The summed E-state index contributed by atoms with van der Waals surface area (Å²) in [4.78, 5) is 10.4. The molecular weight excluding hydrogens is 142 g/mol. The van der Waals surface area contributed by atoms with Crippen molar-refractivity contribution in [1.29, 1.82) is 0 Å². The fourth-order valence-electron chi connectivity index (χ4n) is 0.579. The molecule has 0 fully saturated rings. The van der Waals surface area contributed by atoms with Gasteiger partial charge in [-0.25, -0.2) is 0 Å². The maximum absolute atomic E-state index is 10.4. The summed E-state index contributed by atoms with van der Waals surface area (Å²) < 4.78 is 0. The first-order chi connectivity index (χ1) is 4.67. The molecule has 0 aromatic heterocycles. The summed E-state index contributed by atoms with van der Waals surface area (Å²) >= 11 is 0. The average Bonchev–Trinajstić information content (AvgIpc) is 1.56. The topological polar surface area (TPSA) is 63.3 Å². The lowest BCUT2D eigenvalue weighted by molar-refractivity contribution is -0.139. The number of nitrogens with two attached hydrogens (primary N) is 1. The summed E-state index contributed by atoms with van der Waals surface area (Å²) in [7, 11) is 0. The molecule has 0 aliphatic heterocycles. The molecule has 0 radical (unpaired) electrons. The Labute approximate surface area is 67.6 Å². The van der Waals surface area contributed by atoms with Gasteiger partial charge in [0, 0.05) is 5.54 Å². The Hall–Kier alpha value is -0.570. The summed E-state index contributed by atoms with van der Waals surface area (Å²) in [5.41, 5.74) is 5.00. The molecule has 0 aliphatic carbocycles. The number of hydrogen-bond acceptors (Lipinski definition) is 2. The predicted molar refractivity (Wildman–Crippen MR) is 44.3 cm³/mol. The molecule has 0 rings (SSSR count). The first kappa shape index (κ1) is 10.4. The molecule has 0 spiro atoms. The van der Waals surface area contributed by atoms with E-state index in [1.807, 2.05) is 20.8 Å². The van der Waals surface area contributed by atoms with Crippen LogP contribution in [0.3, 0.4) is 0 Å². The van der Waals surface area contributed by atoms with Crippen molar-refractivity contribution in [3.8, 4) is 0 Å². The lowest BCUT2D eigenvalue weighted by atomic mass is 9.74. The van der Waals surface area contributed by atoms with E-state index in [0.717, 1.165) is 0 Å². The van der Waals surface area contributed by atoms with Crippen molar-refractivity contribution < 1.29 is 9.90 Å². The second kappa shape index (κ2) is 2.81. The lowest BCUT2D eigenvalue weighted by Gasteiger charge is -2.37. The van der Waals surface area contributed by atoms with Gasteiger partial charge < -0.3 is 10.8 Å². The number of aliphatic carboxylic acids is 1. The third-order valence-electron chi connectivity index (χ3n) is 2.23. The maximum atomic E-state index is 10.4. The molecule has 0 heterocycles. The van der Waals surface area contributed by atoms with Crippen molar-refractivity contribution >= 4 is 5.97 Å². The molecular formula is C8H17NO2. The van der Waals surface area contributed by atoms with Gasteiger partial charge in [0.15, 0.2) is 0 Å². The molecule has 0 aliphatic rings. The van der Waals surface area contributed by atoms with Crippen LogP contribution in [0.5, 0.6) is 0 Å². The number of carboxylic acid groups (broad SMARTS) is 1. The van der Waals surface area contributed by atoms with Gasteiger partial charge in [-0.05, 0) is 12.3 Å². The fraction of sp³-hybridized carbons (Fsp3) is 0.875. The maximum Gasteiger partial charge on any atom is 0.305 e. The van der Waals surface area contributed by atoms with E-state index in [2.05, 4.69) is 0 Å². The molecule has 0 unspecified atom stereocenters. The van der Waals surface area contributed by atoms with Crippen molar-refractivity contribution in [2.75, 3.05) is 0 Å². The van der Waals surface area contributed by atoms with Crippen molar-refractivity contribution in [1.82, 2.24) is 0 Å². The van der Waals surface area contributed by atoms with Crippen LogP contribution < -0.4 is 5.73 Å². The van der Waals surface area contributed by atoms with Crippen molar-refractivity contribution in [2.45, 2.75) is 39.7 Å². The second-order valence-corrected chi connectivity index (χ2v) is 4.24. The largest absolute Gasteiger partial charge is 0.481 e. The molecule has 66 valence electrons. The SMILES string of the molecule is CC(C)(C)[C@@](C)(N)CC(=O)O. The Balaban J connectivity index is 4.34. The fourth-order valence-corrected chi connectivity index (χ4v) is 0.579. The van der Waals surface area contributed by atoms with E-state index in [1.165, 1.54) is 0 Å². The average molecular weight is 159 g/mol. The van der Waals surface area contributed by atoms with Crippen LogP contribution in [0.1, 0.15) is 34.1 Å². The predicted octanol–water partition coefficient (Wildman–Crippen LogP) is 1.22. The van der Waals surface area contributed by atoms with Crippen LogP contribution >= 0.6 is 0 Å². The minimum atomic E-state index is -0.843. The van der Waals surface area contributed by atoms with E-state index in [9.17, 15) is 4.79 Å². The zero-order valence-electron chi connectivity index (χ0n) is 7.64. The third-order valence-corrected chi connectivity index (χ3v) is 2.23. The van der Waals surface area contributed by atoms with Crippen molar-refractivity contribution in [2.24, 2.45) is 11.1 Å². The van der Waals surface area contributed by atoms with Crippen molar-refractivity contribution in [3.05, 3.63) is 0 Å². The Morgan fingerprint density at radius 1 is 1.36 bits per heavy atom. The number of carboxylic acids is 1. The standard InChI is InChI=1S/C8H17NO2/c1-7(2,3)8(4,9)5-6(10)11/h5,9H2,1-4H3,(H,10,11)/t8-/m0/s1. The van der Waals surface area contributed by atoms with Crippen LogP contribution in [0.4, 0.5) is 0 Å². The zero-order chi connectivity index (χ0) is 9.28. The van der Waals surface area contributed by atoms with Gasteiger partial charge in [-0.15, -0.1) is 0 Å². The summed E-state index contributed by atoms with van der Waals surface area (Å²) in [5.74, 6) is -0.843. The molecule has 11 heavy (non-hydrogen) atoms. The highest BCUT2D eigenvalue weighted by Crippen LogP contribution is 2.30. The summed E-state index contributed by atoms with van der Waals surface area (Å²) in [5, 5.41) is 8.53. The van der Waals surface area contributed by atoms with Gasteiger partial charge in [-0.1, -0.05) is 20.8 Å². The normalized spacial score (nSPS) is 17.5. The van der Waals surface area contributed by atoms with Crippen molar-refractivity contribution in [3.63, 3.8) is 0 Å². The van der Waals surface area contributed by atoms with Gasteiger partial charge in [-0.3, -0.25) is 4.79 Å². The van der Waals surface area contributed by atoms with E-state index in [-0.39, 0.29) is 11.8 Å². The monoisotopic (exact) mass is 159 g/mol. The molecule has 3 N–H and O–H groups in total. The summed E-state index contributed by atoms with van der Waals surface area (Å²) in [6.45, 7) is 7.59. The van der Waals surface area contributed by atoms with Gasteiger partial charge in [0.1, 0.15) is 0 Å². The van der Waals surface area contributed by atoms with Crippen LogP contribution in [-0.2, 0) is 4.79 Å². The Morgan fingerprint density at radius 2 is 1.73 bits per heavy atom. The molecule has 0 amide bonds. The Kier molecular flexibility index (Phi) is 2.67. The molecule has 0 aromatic rings. The zero-order valence-corrected chi connectivity index (χ0v) is 7.64. The Bertz CT molecular complexity index is 156. The lowest BCUT2D eigenvalue weighted by Crippen LogP contribution is -2.50. The highest BCUT2D eigenvalue weighted by Gasteiger charge is 2.35. The van der Waals surface area contributed by atoms with Gasteiger partial charge in [0.2, 0.25) is 0 Å². The first-order valence-electron chi connectivity index (χ1n) is 3.67.